The van der Waals surface area contributed by atoms with Crippen LogP contribution in [0.2, 0.25) is 0 Å². The lowest BCUT2D eigenvalue weighted by Crippen LogP contribution is -2.14. The lowest BCUT2D eigenvalue weighted by molar-refractivity contribution is -0.115. The highest BCUT2D eigenvalue weighted by Crippen LogP contribution is 2.27. The summed E-state index contributed by atoms with van der Waals surface area (Å²) in [5.74, 6) is 2.00. The number of rotatable bonds is 5. The second kappa shape index (κ2) is 6.62. The second-order valence-corrected chi connectivity index (χ2v) is 5.47. The molecule has 1 aromatic heterocycles. The van der Waals surface area contributed by atoms with Crippen molar-refractivity contribution in [1.82, 2.24) is 9.97 Å². The number of nitrogens with zero attached hydrogens (tertiary/aromatic N) is 1. The van der Waals surface area contributed by atoms with Crippen molar-refractivity contribution in [1.29, 1.82) is 0 Å². The first-order chi connectivity index (χ1) is 11.6. The number of fused-ring (bicyclic) bond motifs is 1. The number of carbonyl (C=O) groups is 1. The van der Waals surface area contributed by atoms with Crippen molar-refractivity contribution in [2.24, 2.45) is 0 Å². The van der Waals surface area contributed by atoms with Crippen molar-refractivity contribution >= 4 is 22.6 Å². The first-order valence-corrected chi connectivity index (χ1v) is 7.56. The van der Waals surface area contributed by atoms with Gasteiger partial charge in [-0.15, -0.1) is 0 Å². The maximum atomic E-state index is 12.3. The normalized spacial score (nSPS) is 10.6. The second-order valence-electron chi connectivity index (χ2n) is 5.47. The summed E-state index contributed by atoms with van der Waals surface area (Å²) in [6.07, 6.45) is 0.250. The minimum absolute atomic E-state index is 0.0993. The first kappa shape index (κ1) is 15.9. The van der Waals surface area contributed by atoms with Crippen LogP contribution in [0.4, 0.5) is 5.69 Å². The summed E-state index contributed by atoms with van der Waals surface area (Å²) in [5.41, 5.74) is 3.36. The molecule has 3 aromatic rings. The summed E-state index contributed by atoms with van der Waals surface area (Å²) in [4.78, 5) is 19.8. The molecule has 0 saturated carbocycles. The van der Waals surface area contributed by atoms with Crippen molar-refractivity contribution < 1.29 is 14.3 Å². The van der Waals surface area contributed by atoms with Crippen LogP contribution in [-0.4, -0.2) is 30.1 Å². The number of ether oxygens (including phenoxy) is 2. The predicted octanol–water partition coefficient (Wildman–Crippen LogP) is 3.07. The maximum Gasteiger partial charge on any atom is 0.228 e. The quantitative estimate of drug-likeness (QED) is 0.756. The number of anilines is 1. The Balaban J connectivity index is 1.72. The zero-order chi connectivity index (χ0) is 17.1. The van der Waals surface area contributed by atoms with Crippen molar-refractivity contribution in [2.75, 3.05) is 19.5 Å². The third-order valence-electron chi connectivity index (χ3n) is 3.70. The number of nitrogens with one attached hydrogen (secondary N) is 2. The molecular formula is C18H19N3O3. The van der Waals surface area contributed by atoms with Crippen LogP contribution < -0.4 is 14.8 Å². The molecule has 124 valence electrons. The summed E-state index contributed by atoms with van der Waals surface area (Å²) in [6, 6.07) is 11.0. The van der Waals surface area contributed by atoms with Crippen molar-refractivity contribution in [2.45, 2.75) is 13.3 Å². The summed E-state index contributed by atoms with van der Waals surface area (Å²) >= 11 is 0. The SMILES string of the molecule is COc1ccc(CC(=O)Nc2ccc3nc(C)[nH]c3c2)cc1OC. The van der Waals surface area contributed by atoms with E-state index >= 15 is 0 Å². The van der Waals surface area contributed by atoms with E-state index < -0.39 is 0 Å². The smallest absolute Gasteiger partial charge is 0.228 e. The molecule has 2 aromatic carbocycles. The molecule has 3 rings (SSSR count). The molecule has 0 aliphatic carbocycles. The zero-order valence-electron chi connectivity index (χ0n) is 13.8. The van der Waals surface area contributed by atoms with Gasteiger partial charge in [-0.3, -0.25) is 4.79 Å². The van der Waals surface area contributed by atoms with Crippen LogP contribution in [0.5, 0.6) is 11.5 Å². The third-order valence-corrected chi connectivity index (χ3v) is 3.70. The molecule has 1 heterocycles. The number of methoxy groups -OCH3 is 2. The van der Waals surface area contributed by atoms with Gasteiger partial charge in [-0.25, -0.2) is 4.98 Å². The Labute approximate surface area is 139 Å². The van der Waals surface area contributed by atoms with Gasteiger partial charge in [0.2, 0.25) is 5.91 Å². The molecule has 0 aliphatic rings. The number of amides is 1. The van der Waals surface area contributed by atoms with Gasteiger partial charge in [0.05, 0.1) is 31.7 Å². The summed E-state index contributed by atoms with van der Waals surface area (Å²) < 4.78 is 10.5. The topological polar surface area (TPSA) is 76.2 Å². The molecule has 24 heavy (non-hydrogen) atoms. The number of carbonyl (C=O) groups excluding carboxylic acids is 1. The Morgan fingerprint density at radius 1 is 1.12 bits per heavy atom. The van der Waals surface area contributed by atoms with E-state index in [0.29, 0.717) is 11.5 Å². The average Bonchev–Trinajstić information content (AvgIpc) is 2.93. The highest BCUT2D eigenvalue weighted by atomic mass is 16.5. The van der Waals surface area contributed by atoms with E-state index in [1.54, 1.807) is 26.4 Å². The molecule has 0 bridgehead atoms. The number of aromatic nitrogens is 2. The van der Waals surface area contributed by atoms with Gasteiger partial charge < -0.3 is 19.8 Å². The summed E-state index contributed by atoms with van der Waals surface area (Å²) in [5, 5.41) is 2.90. The fourth-order valence-electron chi connectivity index (χ4n) is 2.60. The third kappa shape index (κ3) is 3.32. The van der Waals surface area contributed by atoms with Gasteiger partial charge in [0, 0.05) is 5.69 Å². The standard InChI is InChI=1S/C18H19N3O3/c1-11-19-14-6-5-13(10-15(14)20-11)21-18(22)9-12-4-7-16(23-2)17(8-12)24-3/h4-8,10H,9H2,1-3H3,(H,19,20)(H,21,22). The van der Waals surface area contributed by atoms with Gasteiger partial charge in [0.25, 0.3) is 0 Å². The molecule has 0 fully saturated rings. The van der Waals surface area contributed by atoms with Gasteiger partial charge >= 0.3 is 0 Å². The first-order valence-electron chi connectivity index (χ1n) is 7.56. The van der Waals surface area contributed by atoms with Crippen molar-refractivity contribution in [3.8, 4) is 11.5 Å². The van der Waals surface area contributed by atoms with Crippen LogP contribution in [0.1, 0.15) is 11.4 Å². The highest BCUT2D eigenvalue weighted by Gasteiger charge is 2.09. The Morgan fingerprint density at radius 3 is 2.67 bits per heavy atom. The van der Waals surface area contributed by atoms with Gasteiger partial charge in [0.15, 0.2) is 11.5 Å². The van der Waals surface area contributed by atoms with Crippen LogP contribution in [-0.2, 0) is 11.2 Å². The monoisotopic (exact) mass is 325 g/mol. The molecule has 0 aliphatic heterocycles. The van der Waals surface area contributed by atoms with Crippen LogP contribution in [0.3, 0.4) is 0 Å². The van der Waals surface area contributed by atoms with Gasteiger partial charge in [-0.1, -0.05) is 6.07 Å². The number of imidazole rings is 1. The number of aromatic amines is 1. The Hall–Kier alpha value is -3.02. The van der Waals surface area contributed by atoms with Crippen molar-refractivity contribution in [3.05, 3.63) is 47.8 Å². The van der Waals surface area contributed by atoms with Gasteiger partial charge in [-0.05, 0) is 42.8 Å². The Kier molecular flexibility index (Phi) is 4.37. The average molecular weight is 325 g/mol. The molecule has 6 nitrogen and oxygen atoms in total. The molecule has 2 N–H and O–H groups in total. The maximum absolute atomic E-state index is 12.3. The lowest BCUT2D eigenvalue weighted by Gasteiger charge is -2.10. The van der Waals surface area contributed by atoms with E-state index in [1.807, 2.05) is 31.2 Å². The van der Waals surface area contributed by atoms with E-state index in [-0.39, 0.29) is 12.3 Å². The minimum Gasteiger partial charge on any atom is -0.493 e. The summed E-state index contributed by atoms with van der Waals surface area (Å²) in [7, 11) is 3.15. The molecule has 0 radical (unpaired) electrons. The molecule has 0 saturated heterocycles. The number of aryl methyl sites for hydroxylation is 1. The van der Waals surface area contributed by atoms with E-state index in [2.05, 4.69) is 15.3 Å². The number of hydrogen-bond acceptors (Lipinski definition) is 4. The number of benzene rings is 2. The van der Waals surface area contributed by atoms with E-state index in [9.17, 15) is 4.79 Å². The van der Waals surface area contributed by atoms with E-state index in [0.717, 1.165) is 28.1 Å². The minimum atomic E-state index is -0.0993. The number of H-pyrrole nitrogens is 1. The molecule has 0 spiro atoms. The van der Waals surface area contributed by atoms with Crippen LogP contribution in [0.15, 0.2) is 36.4 Å². The molecule has 0 unspecified atom stereocenters. The van der Waals surface area contributed by atoms with Gasteiger partial charge in [-0.2, -0.15) is 0 Å². The van der Waals surface area contributed by atoms with Crippen LogP contribution in [0, 0.1) is 6.92 Å². The molecular weight excluding hydrogens is 306 g/mol. The largest absolute Gasteiger partial charge is 0.493 e. The Bertz CT molecular complexity index is 886. The fourth-order valence-corrected chi connectivity index (χ4v) is 2.60. The number of hydrogen-bond donors (Lipinski definition) is 2. The van der Waals surface area contributed by atoms with Crippen LogP contribution >= 0.6 is 0 Å². The fraction of sp³-hybridized carbons (Fsp3) is 0.222. The van der Waals surface area contributed by atoms with E-state index in [1.165, 1.54) is 0 Å². The van der Waals surface area contributed by atoms with Crippen LogP contribution in [0.25, 0.3) is 11.0 Å². The zero-order valence-corrected chi connectivity index (χ0v) is 13.8. The predicted molar refractivity (Wildman–Crippen MR) is 92.7 cm³/mol. The van der Waals surface area contributed by atoms with E-state index in [4.69, 9.17) is 9.47 Å². The lowest BCUT2D eigenvalue weighted by atomic mass is 10.1. The molecule has 0 atom stereocenters. The molecule has 6 heteroatoms. The molecule has 1 amide bonds. The van der Waals surface area contributed by atoms with Gasteiger partial charge in [0.1, 0.15) is 5.82 Å². The van der Waals surface area contributed by atoms with Crippen molar-refractivity contribution in [3.63, 3.8) is 0 Å². The summed E-state index contributed by atoms with van der Waals surface area (Å²) in [6.45, 7) is 1.90. The Morgan fingerprint density at radius 2 is 1.92 bits per heavy atom. The highest BCUT2D eigenvalue weighted by molar-refractivity contribution is 5.94.